The fourth-order valence-corrected chi connectivity index (χ4v) is 2.68. The molecule has 9 nitrogen and oxygen atoms in total. The lowest BCUT2D eigenvalue weighted by Crippen LogP contribution is -2.24. The molecule has 0 aliphatic heterocycles. The van der Waals surface area contributed by atoms with Crippen molar-refractivity contribution in [2.24, 2.45) is 0 Å². The number of Topliss-reactive ketones (excluding diaryl/α,β-unsaturated/α-hetero) is 1. The van der Waals surface area contributed by atoms with Crippen molar-refractivity contribution in [3.63, 3.8) is 0 Å². The average molecular weight is 354 g/mol. The smallest absolute Gasteiger partial charge is 0.361 e. The van der Waals surface area contributed by atoms with E-state index in [2.05, 4.69) is 15.2 Å². The van der Waals surface area contributed by atoms with Crippen LogP contribution in [0.1, 0.15) is 31.4 Å². The lowest BCUT2D eigenvalue weighted by atomic mass is 10.00. The minimum atomic E-state index is -0.860. The van der Waals surface area contributed by atoms with Gasteiger partial charge in [0.2, 0.25) is 28.9 Å². The van der Waals surface area contributed by atoms with Crippen molar-refractivity contribution in [2.75, 3.05) is 33.1 Å². The predicted octanol–water partition coefficient (Wildman–Crippen LogP) is 0.220. The Morgan fingerprint density at radius 3 is 2.79 bits per heavy atom. The Kier molecular flexibility index (Phi) is 5.88. The lowest BCUT2D eigenvalue weighted by Gasteiger charge is -2.10. The SMILES string of the molecule is CNC(=O)COCCSC1=CC(=O)c2onc(C(=O)OC)c2C1=O. The maximum Gasteiger partial charge on any atom is 0.361 e. The molecule has 0 spiro atoms. The molecule has 0 saturated heterocycles. The normalized spacial score (nSPS) is 13.3. The molecular weight excluding hydrogens is 340 g/mol. The molecule has 0 unspecified atom stereocenters. The number of amides is 1. The number of esters is 1. The second-order valence-electron chi connectivity index (χ2n) is 4.50. The summed E-state index contributed by atoms with van der Waals surface area (Å²) in [6, 6.07) is 0. The van der Waals surface area contributed by atoms with Crippen LogP contribution in [0.3, 0.4) is 0 Å². The number of aromatic nitrogens is 1. The van der Waals surface area contributed by atoms with Crippen molar-refractivity contribution >= 4 is 35.2 Å². The molecule has 0 bridgehead atoms. The Hall–Kier alpha value is -2.46. The van der Waals surface area contributed by atoms with Crippen LogP contribution >= 0.6 is 11.8 Å². The van der Waals surface area contributed by atoms with Crippen LogP contribution in [0.4, 0.5) is 0 Å². The molecule has 0 atom stereocenters. The number of ketones is 2. The van der Waals surface area contributed by atoms with E-state index in [4.69, 9.17) is 9.26 Å². The van der Waals surface area contributed by atoms with Gasteiger partial charge in [-0.3, -0.25) is 14.4 Å². The summed E-state index contributed by atoms with van der Waals surface area (Å²) in [6.07, 6.45) is 1.13. The van der Waals surface area contributed by atoms with E-state index in [0.29, 0.717) is 5.75 Å². The van der Waals surface area contributed by atoms with E-state index in [1.54, 1.807) is 0 Å². The van der Waals surface area contributed by atoms with E-state index >= 15 is 0 Å². The van der Waals surface area contributed by atoms with Crippen molar-refractivity contribution < 1.29 is 33.2 Å². The number of methoxy groups -OCH3 is 1. The van der Waals surface area contributed by atoms with Crippen LogP contribution in [-0.2, 0) is 14.3 Å². The fourth-order valence-electron chi connectivity index (χ4n) is 1.83. The summed E-state index contributed by atoms with van der Waals surface area (Å²) in [6.45, 7) is 0.114. The van der Waals surface area contributed by atoms with Crippen LogP contribution < -0.4 is 5.32 Å². The molecule has 1 amide bonds. The summed E-state index contributed by atoms with van der Waals surface area (Å²) in [5.41, 5.74) is -0.518. The first-order chi connectivity index (χ1) is 11.5. The number of fused-ring (bicyclic) bond motifs is 1. The van der Waals surface area contributed by atoms with Gasteiger partial charge in [-0.15, -0.1) is 11.8 Å². The van der Waals surface area contributed by atoms with Gasteiger partial charge in [0.15, 0.2) is 0 Å². The first-order valence-electron chi connectivity index (χ1n) is 6.79. The Morgan fingerprint density at radius 1 is 1.38 bits per heavy atom. The second kappa shape index (κ2) is 7.88. The van der Waals surface area contributed by atoms with Crippen molar-refractivity contribution in [3.8, 4) is 0 Å². The molecule has 1 heterocycles. The third-order valence-corrected chi connectivity index (χ3v) is 3.99. The summed E-state index contributed by atoms with van der Waals surface area (Å²) in [5.74, 6) is -2.15. The largest absolute Gasteiger partial charge is 0.464 e. The highest BCUT2D eigenvalue weighted by Crippen LogP contribution is 2.30. The molecule has 0 radical (unpaired) electrons. The van der Waals surface area contributed by atoms with E-state index in [0.717, 1.165) is 24.9 Å². The zero-order valence-corrected chi connectivity index (χ0v) is 13.7. The molecule has 1 aliphatic carbocycles. The second-order valence-corrected chi connectivity index (χ2v) is 5.64. The first kappa shape index (κ1) is 17.9. The number of nitrogens with one attached hydrogen (secondary N) is 1. The Balaban J connectivity index is 2.02. The number of carbonyl (C=O) groups excluding carboxylic acids is 4. The molecule has 0 fully saturated rings. The van der Waals surface area contributed by atoms with Gasteiger partial charge < -0.3 is 19.3 Å². The van der Waals surface area contributed by atoms with Crippen molar-refractivity contribution in [1.29, 1.82) is 0 Å². The number of ether oxygens (including phenoxy) is 2. The summed E-state index contributed by atoms with van der Waals surface area (Å²) < 4.78 is 14.4. The minimum absolute atomic E-state index is 0.0920. The Labute approximate surface area is 140 Å². The van der Waals surface area contributed by atoms with Gasteiger partial charge >= 0.3 is 5.97 Å². The molecule has 2 rings (SSSR count). The summed E-state index contributed by atoms with van der Waals surface area (Å²) in [7, 11) is 2.63. The number of hydrogen-bond acceptors (Lipinski definition) is 9. The van der Waals surface area contributed by atoms with Crippen LogP contribution in [0.15, 0.2) is 15.5 Å². The van der Waals surface area contributed by atoms with Crippen molar-refractivity contribution in [2.45, 2.75) is 0 Å². The third-order valence-electron chi connectivity index (χ3n) is 3.00. The van der Waals surface area contributed by atoms with Gasteiger partial charge in [0, 0.05) is 18.9 Å². The monoisotopic (exact) mass is 354 g/mol. The maximum atomic E-state index is 12.4. The van der Waals surface area contributed by atoms with Gasteiger partial charge in [-0.25, -0.2) is 4.79 Å². The van der Waals surface area contributed by atoms with Gasteiger partial charge in [0.1, 0.15) is 12.2 Å². The fraction of sp³-hybridized carbons (Fsp3) is 0.357. The number of hydrogen-bond donors (Lipinski definition) is 1. The van der Waals surface area contributed by atoms with Crippen LogP contribution in [0.2, 0.25) is 0 Å². The summed E-state index contributed by atoms with van der Waals surface area (Å²) in [5, 5.41) is 5.85. The number of carbonyl (C=O) groups is 4. The number of rotatable bonds is 7. The molecule has 0 aromatic carbocycles. The van der Waals surface area contributed by atoms with E-state index < -0.39 is 17.5 Å². The maximum absolute atomic E-state index is 12.4. The predicted molar refractivity (Wildman–Crippen MR) is 81.9 cm³/mol. The average Bonchev–Trinajstić information content (AvgIpc) is 3.03. The van der Waals surface area contributed by atoms with Gasteiger partial charge in [-0.05, 0) is 0 Å². The van der Waals surface area contributed by atoms with Gasteiger partial charge in [0.25, 0.3) is 0 Å². The molecule has 0 saturated carbocycles. The third kappa shape index (κ3) is 3.71. The molecule has 1 N–H and O–H groups in total. The van der Waals surface area contributed by atoms with Crippen molar-refractivity contribution in [1.82, 2.24) is 10.5 Å². The molecule has 1 aromatic heterocycles. The standard InChI is InChI=1S/C14H14N2O7S/c1-15-9(18)6-22-3-4-24-8-5-7(17)13-10(12(8)19)11(16-23-13)14(20)21-2/h5H,3-4,6H2,1-2H3,(H,15,18). The zero-order chi connectivity index (χ0) is 17.7. The number of nitrogens with zero attached hydrogens (tertiary/aromatic N) is 1. The van der Waals surface area contributed by atoms with Crippen LogP contribution in [-0.4, -0.2) is 61.7 Å². The molecule has 128 valence electrons. The lowest BCUT2D eigenvalue weighted by molar-refractivity contribution is -0.124. The highest BCUT2D eigenvalue weighted by molar-refractivity contribution is 8.04. The molecule has 1 aromatic rings. The van der Waals surface area contributed by atoms with E-state index in [-0.39, 0.29) is 41.0 Å². The minimum Gasteiger partial charge on any atom is -0.464 e. The summed E-state index contributed by atoms with van der Waals surface area (Å²) in [4.78, 5) is 47.1. The van der Waals surface area contributed by atoms with Gasteiger partial charge in [0.05, 0.1) is 18.6 Å². The van der Waals surface area contributed by atoms with Gasteiger partial charge in [-0.1, -0.05) is 5.16 Å². The van der Waals surface area contributed by atoms with Crippen LogP contribution in [0.25, 0.3) is 0 Å². The molecule has 1 aliphatic rings. The zero-order valence-electron chi connectivity index (χ0n) is 12.9. The van der Waals surface area contributed by atoms with Crippen LogP contribution in [0, 0.1) is 0 Å². The quantitative estimate of drug-likeness (QED) is 0.540. The Bertz CT molecular complexity index is 723. The topological polar surface area (TPSA) is 125 Å². The number of thioether (sulfide) groups is 1. The van der Waals surface area contributed by atoms with E-state index in [1.165, 1.54) is 7.05 Å². The number of likely N-dealkylation sites (N-methyl/N-ethyl adjacent to an activating group) is 1. The van der Waals surface area contributed by atoms with Crippen LogP contribution in [0.5, 0.6) is 0 Å². The highest BCUT2D eigenvalue weighted by Gasteiger charge is 2.36. The molecule has 24 heavy (non-hydrogen) atoms. The molecule has 10 heteroatoms. The summed E-state index contributed by atoms with van der Waals surface area (Å²) >= 11 is 1.08. The first-order valence-corrected chi connectivity index (χ1v) is 7.78. The Morgan fingerprint density at radius 2 is 2.12 bits per heavy atom. The van der Waals surface area contributed by atoms with Crippen molar-refractivity contribution in [3.05, 3.63) is 28.0 Å². The molecular formula is C14H14N2O7S. The van der Waals surface area contributed by atoms with E-state index in [9.17, 15) is 19.2 Å². The van der Waals surface area contributed by atoms with Gasteiger partial charge in [-0.2, -0.15) is 0 Å². The highest BCUT2D eigenvalue weighted by atomic mass is 32.2. The van der Waals surface area contributed by atoms with E-state index in [1.807, 2.05) is 0 Å². The number of allylic oxidation sites excluding steroid dienone is 2.